The average molecular weight is 295 g/mol. The van der Waals surface area contributed by atoms with Crippen LogP contribution >= 0.6 is 11.6 Å². The maximum atomic E-state index is 10.5. The fraction of sp³-hybridized carbons (Fsp3) is 0.400. The summed E-state index contributed by atoms with van der Waals surface area (Å²) in [5.74, 6) is -0.972. The molecule has 1 aromatic carbocycles. The lowest BCUT2D eigenvalue weighted by atomic mass is 10.1. The van der Waals surface area contributed by atoms with E-state index in [9.17, 15) is 4.79 Å². The van der Waals surface area contributed by atoms with Gasteiger partial charge in [0.25, 0.3) is 0 Å². The molecule has 2 rings (SSSR count). The number of carbonyl (C=O) groups is 1. The summed E-state index contributed by atoms with van der Waals surface area (Å²) < 4.78 is 0. The standard InChI is InChI=1S/C15H19ClN2O2/c1-17-7-2-8-18(10-9-17)13-5-3-12(14(16)11-13)4-6-15(19)20/h3-6,11H,2,7-10H2,1H3,(H,19,20)/b6-4+. The minimum Gasteiger partial charge on any atom is -0.478 e. The van der Waals surface area contributed by atoms with E-state index in [0.29, 0.717) is 5.02 Å². The Kier molecular flexibility index (Phi) is 5.04. The fourth-order valence-corrected chi connectivity index (χ4v) is 2.55. The number of rotatable bonds is 3. The second-order valence-corrected chi connectivity index (χ2v) is 5.43. The van der Waals surface area contributed by atoms with Crippen molar-refractivity contribution in [1.82, 2.24) is 4.90 Å². The first-order valence-electron chi connectivity index (χ1n) is 6.70. The molecule has 0 amide bonds. The van der Waals surface area contributed by atoms with Crippen LogP contribution in [0.1, 0.15) is 12.0 Å². The molecule has 1 saturated heterocycles. The highest BCUT2D eigenvalue weighted by Gasteiger charge is 2.13. The number of carboxylic acids is 1. The minimum absolute atomic E-state index is 0.581. The zero-order valence-corrected chi connectivity index (χ0v) is 12.3. The third-order valence-electron chi connectivity index (χ3n) is 3.47. The lowest BCUT2D eigenvalue weighted by Gasteiger charge is -2.23. The van der Waals surface area contributed by atoms with E-state index in [0.717, 1.165) is 49.9 Å². The van der Waals surface area contributed by atoms with Gasteiger partial charge in [-0.05, 0) is 43.8 Å². The normalized spacial score (nSPS) is 17.4. The van der Waals surface area contributed by atoms with Crippen LogP contribution in [0.15, 0.2) is 24.3 Å². The van der Waals surface area contributed by atoms with Gasteiger partial charge in [0.1, 0.15) is 0 Å². The predicted molar refractivity (Wildman–Crippen MR) is 82.4 cm³/mol. The molecule has 1 N–H and O–H groups in total. The first-order chi connectivity index (χ1) is 9.56. The molecular formula is C15H19ClN2O2. The maximum Gasteiger partial charge on any atom is 0.328 e. The topological polar surface area (TPSA) is 43.8 Å². The van der Waals surface area contributed by atoms with Crippen LogP contribution in [0.4, 0.5) is 5.69 Å². The molecule has 20 heavy (non-hydrogen) atoms. The zero-order chi connectivity index (χ0) is 14.5. The first kappa shape index (κ1) is 14.9. The third-order valence-corrected chi connectivity index (χ3v) is 3.80. The number of halogens is 1. The van der Waals surface area contributed by atoms with Crippen LogP contribution < -0.4 is 4.90 Å². The first-order valence-corrected chi connectivity index (χ1v) is 7.08. The molecule has 0 aliphatic carbocycles. The summed E-state index contributed by atoms with van der Waals surface area (Å²) >= 11 is 6.22. The number of nitrogens with zero attached hydrogens (tertiary/aromatic N) is 2. The van der Waals surface area contributed by atoms with Gasteiger partial charge in [-0.2, -0.15) is 0 Å². The highest BCUT2D eigenvalue weighted by atomic mass is 35.5. The van der Waals surface area contributed by atoms with Gasteiger partial charge in [0.2, 0.25) is 0 Å². The van der Waals surface area contributed by atoms with Gasteiger partial charge in [-0.3, -0.25) is 0 Å². The van der Waals surface area contributed by atoms with Crippen LogP contribution in [-0.2, 0) is 4.79 Å². The third kappa shape index (κ3) is 3.99. The Labute approximate surface area is 124 Å². The van der Waals surface area contributed by atoms with Crippen LogP contribution in [0.25, 0.3) is 6.08 Å². The Bertz CT molecular complexity index is 517. The summed E-state index contributed by atoms with van der Waals surface area (Å²) in [6, 6.07) is 5.78. The lowest BCUT2D eigenvalue weighted by Crippen LogP contribution is -2.28. The molecule has 0 aromatic heterocycles. The van der Waals surface area contributed by atoms with Crippen molar-refractivity contribution in [3.05, 3.63) is 34.9 Å². The van der Waals surface area contributed by atoms with Crippen molar-refractivity contribution in [3.63, 3.8) is 0 Å². The zero-order valence-electron chi connectivity index (χ0n) is 11.6. The molecule has 5 heteroatoms. The van der Waals surface area contributed by atoms with Gasteiger partial charge in [0.15, 0.2) is 0 Å². The Morgan fingerprint density at radius 2 is 2.10 bits per heavy atom. The number of carboxylic acid groups (broad SMARTS) is 1. The van der Waals surface area contributed by atoms with Crippen molar-refractivity contribution >= 4 is 29.3 Å². The van der Waals surface area contributed by atoms with Crippen LogP contribution in [0, 0.1) is 0 Å². The van der Waals surface area contributed by atoms with Crippen LogP contribution in [0.3, 0.4) is 0 Å². The van der Waals surface area contributed by atoms with E-state index >= 15 is 0 Å². The molecule has 108 valence electrons. The molecule has 0 bridgehead atoms. The van der Waals surface area contributed by atoms with Crippen molar-refractivity contribution in [2.75, 3.05) is 38.1 Å². The van der Waals surface area contributed by atoms with Gasteiger partial charge in [-0.25, -0.2) is 4.79 Å². The smallest absolute Gasteiger partial charge is 0.328 e. The van der Waals surface area contributed by atoms with E-state index < -0.39 is 5.97 Å². The summed E-state index contributed by atoms with van der Waals surface area (Å²) in [5, 5.41) is 9.22. The van der Waals surface area contributed by atoms with E-state index in [4.69, 9.17) is 16.7 Å². The molecule has 0 spiro atoms. The van der Waals surface area contributed by atoms with E-state index in [1.165, 1.54) is 6.08 Å². The molecule has 0 atom stereocenters. The number of hydrogen-bond donors (Lipinski definition) is 1. The fourth-order valence-electron chi connectivity index (χ4n) is 2.31. The number of aliphatic carboxylic acids is 1. The largest absolute Gasteiger partial charge is 0.478 e. The molecule has 1 heterocycles. The van der Waals surface area contributed by atoms with Crippen LogP contribution in [0.2, 0.25) is 5.02 Å². The van der Waals surface area contributed by atoms with Crippen LogP contribution in [0.5, 0.6) is 0 Å². The summed E-state index contributed by atoms with van der Waals surface area (Å²) in [5.41, 5.74) is 1.82. The Morgan fingerprint density at radius 3 is 2.80 bits per heavy atom. The van der Waals surface area contributed by atoms with Gasteiger partial charge in [-0.15, -0.1) is 0 Å². The number of hydrogen-bond acceptors (Lipinski definition) is 3. The quantitative estimate of drug-likeness (QED) is 0.870. The van der Waals surface area contributed by atoms with Crippen molar-refractivity contribution in [2.45, 2.75) is 6.42 Å². The van der Waals surface area contributed by atoms with Gasteiger partial charge < -0.3 is 14.9 Å². The number of anilines is 1. The van der Waals surface area contributed by atoms with Crippen molar-refractivity contribution < 1.29 is 9.90 Å². The van der Waals surface area contributed by atoms with Gasteiger partial charge in [-0.1, -0.05) is 17.7 Å². The molecule has 0 radical (unpaired) electrons. The van der Waals surface area contributed by atoms with E-state index in [1.807, 2.05) is 18.2 Å². The number of likely N-dealkylation sites (N-methyl/N-ethyl adjacent to an activating group) is 1. The van der Waals surface area contributed by atoms with Gasteiger partial charge in [0, 0.05) is 36.4 Å². The highest BCUT2D eigenvalue weighted by Crippen LogP contribution is 2.25. The summed E-state index contributed by atoms with van der Waals surface area (Å²) in [4.78, 5) is 15.2. The highest BCUT2D eigenvalue weighted by molar-refractivity contribution is 6.32. The molecule has 0 unspecified atom stereocenters. The van der Waals surface area contributed by atoms with Crippen molar-refractivity contribution in [1.29, 1.82) is 0 Å². The van der Waals surface area contributed by atoms with Crippen LogP contribution in [-0.4, -0.2) is 49.2 Å². The molecular weight excluding hydrogens is 276 g/mol. The minimum atomic E-state index is -0.972. The molecule has 1 aromatic rings. The molecule has 1 fully saturated rings. The van der Waals surface area contributed by atoms with Crippen molar-refractivity contribution in [2.24, 2.45) is 0 Å². The van der Waals surface area contributed by atoms with E-state index in [1.54, 1.807) is 0 Å². The van der Waals surface area contributed by atoms with Gasteiger partial charge >= 0.3 is 5.97 Å². The molecule has 0 saturated carbocycles. The van der Waals surface area contributed by atoms with E-state index in [2.05, 4.69) is 16.8 Å². The molecule has 4 nitrogen and oxygen atoms in total. The molecule has 1 aliphatic rings. The van der Waals surface area contributed by atoms with Crippen molar-refractivity contribution in [3.8, 4) is 0 Å². The number of benzene rings is 1. The van der Waals surface area contributed by atoms with E-state index in [-0.39, 0.29) is 0 Å². The monoisotopic (exact) mass is 294 g/mol. The van der Waals surface area contributed by atoms with Gasteiger partial charge in [0.05, 0.1) is 0 Å². The Balaban J connectivity index is 2.13. The predicted octanol–water partition coefficient (Wildman–Crippen LogP) is 2.58. The SMILES string of the molecule is CN1CCCN(c2ccc(/C=C/C(=O)O)c(Cl)c2)CC1. The summed E-state index contributed by atoms with van der Waals surface area (Å²) in [6.07, 6.45) is 3.75. The summed E-state index contributed by atoms with van der Waals surface area (Å²) in [6.45, 7) is 4.16. The Hall–Kier alpha value is -1.52. The second-order valence-electron chi connectivity index (χ2n) is 5.02. The lowest BCUT2D eigenvalue weighted by molar-refractivity contribution is -0.131. The summed E-state index contributed by atoms with van der Waals surface area (Å²) in [7, 11) is 2.14. The molecule has 1 aliphatic heterocycles. The second kappa shape index (κ2) is 6.77. The average Bonchev–Trinajstić information content (AvgIpc) is 2.62. The Morgan fingerprint density at radius 1 is 1.30 bits per heavy atom. The maximum absolute atomic E-state index is 10.5.